The maximum absolute atomic E-state index is 10.7. The Morgan fingerprint density at radius 1 is 1.83 bits per heavy atom. The second-order valence-corrected chi connectivity index (χ2v) is 2.68. The Morgan fingerprint density at radius 3 is 3.00 bits per heavy atom. The Labute approximate surface area is 71.7 Å². The Balaban J connectivity index is 3.02. The number of carbonyl (C=O) groups is 1. The summed E-state index contributed by atoms with van der Waals surface area (Å²) in [6, 6.07) is 0. The monoisotopic (exact) mass is 186 g/mol. The number of aromatic amines is 1. The molecule has 0 aromatic carbocycles. The van der Waals surface area contributed by atoms with E-state index in [1.54, 1.807) is 0 Å². The fourth-order valence-corrected chi connectivity index (χ4v) is 1.21. The molecule has 0 fully saturated rings. The average molecular weight is 186 g/mol. The molecule has 0 saturated heterocycles. The summed E-state index contributed by atoms with van der Waals surface area (Å²) in [6.07, 6.45) is 0.515. The highest BCUT2D eigenvalue weighted by molar-refractivity contribution is 7.07. The Kier molecular flexibility index (Phi) is 2.76. The van der Waals surface area contributed by atoms with Gasteiger partial charge in [0.25, 0.3) is 0 Å². The summed E-state index contributed by atoms with van der Waals surface area (Å²) < 4.78 is 0. The number of oxime groups is 1. The maximum atomic E-state index is 10.7. The lowest BCUT2D eigenvalue weighted by Gasteiger charge is -1.91. The third kappa shape index (κ3) is 1.79. The van der Waals surface area contributed by atoms with Crippen LogP contribution in [0.1, 0.15) is 5.69 Å². The van der Waals surface area contributed by atoms with Crippen LogP contribution in [0.3, 0.4) is 0 Å². The molecule has 1 rings (SSSR count). The molecule has 0 bridgehead atoms. The van der Waals surface area contributed by atoms with Crippen molar-refractivity contribution in [2.75, 3.05) is 7.11 Å². The van der Waals surface area contributed by atoms with Crippen LogP contribution in [0.25, 0.3) is 0 Å². The van der Waals surface area contributed by atoms with E-state index in [2.05, 4.69) is 15.0 Å². The van der Waals surface area contributed by atoms with E-state index < -0.39 is 0 Å². The lowest BCUT2D eigenvalue weighted by Crippen LogP contribution is -2.06. The van der Waals surface area contributed by atoms with Crippen LogP contribution >= 0.6 is 11.3 Å². The molecule has 0 atom stereocenters. The lowest BCUT2D eigenvalue weighted by molar-refractivity contribution is -0.102. The molecule has 0 unspecified atom stereocenters. The molecule has 5 nitrogen and oxygen atoms in total. The van der Waals surface area contributed by atoms with Crippen LogP contribution in [0.5, 0.6) is 0 Å². The van der Waals surface area contributed by atoms with Gasteiger partial charge in [0.05, 0.1) is 5.69 Å². The van der Waals surface area contributed by atoms with Gasteiger partial charge in [-0.1, -0.05) is 16.5 Å². The summed E-state index contributed by atoms with van der Waals surface area (Å²) in [5.41, 5.74) is 0.456. The highest BCUT2D eigenvalue weighted by Gasteiger charge is 2.04. The first-order chi connectivity index (χ1) is 5.77. The first-order valence-electron chi connectivity index (χ1n) is 3.02. The largest absolute Gasteiger partial charge is 0.398 e. The van der Waals surface area contributed by atoms with E-state index in [1.807, 2.05) is 0 Å². The molecule has 1 aromatic heterocycles. The number of H-pyrrole nitrogens is 1. The SMILES string of the molecule is CO/N=C(\C=O)c1csc(=O)[nH]1. The zero-order valence-corrected chi connectivity index (χ0v) is 7.05. The molecule has 0 saturated carbocycles. The summed E-state index contributed by atoms with van der Waals surface area (Å²) in [4.78, 5) is 27.6. The second kappa shape index (κ2) is 3.82. The first-order valence-corrected chi connectivity index (χ1v) is 3.90. The van der Waals surface area contributed by atoms with Crippen LogP contribution in [0.15, 0.2) is 15.3 Å². The van der Waals surface area contributed by atoms with E-state index in [-0.39, 0.29) is 10.6 Å². The third-order valence-corrected chi connectivity index (χ3v) is 1.77. The fourth-order valence-electron chi connectivity index (χ4n) is 0.638. The van der Waals surface area contributed by atoms with E-state index in [9.17, 15) is 9.59 Å². The van der Waals surface area contributed by atoms with Crippen LogP contribution in [0.2, 0.25) is 0 Å². The lowest BCUT2D eigenvalue weighted by atomic mass is 10.3. The van der Waals surface area contributed by atoms with E-state index in [0.717, 1.165) is 11.3 Å². The van der Waals surface area contributed by atoms with Crippen LogP contribution in [0, 0.1) is 0 Å². The molecule has 0 radical (unpaired) electrons. The number of nitrogens with zero attached hydrogens (tertiary/aromatic N) is 1. The van der Waals surface area contributed by atoms with Crippen LogP contribution in [0.4, 0.5) is 0 Å². The van der Waals surface area contributed by atoms with Crippen molar-refractivity contribution in [2.24, 2.45) is 5.16 Å². The first kappa shape index (κ1) is 8.66. The van der Waals surface area contributed by atoms with Gasteiger partial charge in [-0.2, -0.15) is 0 Å². The Morgan fingerprint density at radius 2 is 2.58 bits per heavy atom. The van der Waals surface area contributed by atoms with Crippen molar-refractivity contribution >= 4 is 23.3 Å². The molecule has 0 aliphatic heterocycles. The molecule has 1 heterocycles. The highest BCUT2D eigenvalue weighted by Crippen LogP contribution is 1.96. The average Bonchev–Trinajstić information content (AvgIpc) is 2.47. The molecule has 1 aromatic rings. The van der Waals surface area contributed by atoms with Gasteiger partial charge >= 0.3 is 4.87 Å². The summed E-state index contributed by atoms with van der Waals surface area (Å²) in [6.45, 7) is 0. The number of nitrogens with one attached hydrogen (secondary N) is 1. The molecule has 1 N–H and O–H groups in total. The van der Waals surface area contributed by atoms with Crippen molar-refractivity contribution in [1.82, 2.24) is 4.98 Å². The van der Waals surface area contributed by atoms with Crippen molar-refractivity contribution < 1.29 is 9.63 Å². The van der Waals surface area contributed by atoms with Crippen LogP contribution < -0.4 is 4.87 Å². The van der Waals surface area contributed by atoms with Gasteiger partial charge in [0, 0.05) is 5.38 Å². The number of thiazole rings is 1. The maximum Gasteiger partial charge on any atom is 0.304 e. The van der Waals surface area contributed by atoms with E-state index in [0.29, 0.717) is 12.0 Å². The summed E-state index contributed by atoms with van der Waals surface area (Å²) in [7, 11) is 1.33. The molecule has 64 valence electrons. The summed E-state index contributed by atoms with van der Waals surface area (Å²) >= 11 is 0.968. The number of aromatic nitrogens is 1. The zero-order valence-electron chi connectivity index (χ0n) is 6.23. The number of hydrogen-bond donors (Lipinski definition) is 1. The van der Waals surface area contributed by atoms with Gasteiger partial charge in [0.2, 0.25) is 0 Å². The number of carbonyl (C=O) groups excluding carboxylic acids is 1. The Bertz CT molecular complexity index is 352. The highest BCUT2D eigenvalue weighted by atomic mass is 32.1. The van der Waals surface area contributed by atoms with Crippen molar-refractivity contribution in [1.29, 1.82) is 0 Å². The molecule has 0 spiro atoms. The Hall–Kier alpha value is -1.43. The van der Waals surface area contributed by atoms with Gasteiger partial charge in [-0.05, 0) is 0 Å². The predicted molar refractivity (Wildman–Crippen MR) is 44.5 cm³/mol. The van der Waals surface area contributed by atoms with Crippen LogP contribution in [-0.4, -0.2) is 24.1 Å². The molecule has 12 heavy (non-hydrogen) atoms. The molecule has 0 aliphatic carbocycles. The van der Waals surface area contributed by atoms with Crippen LogP contribution in [-0.2, 0) is 9.63 Å². The van der Waals surface area contributed by atoms with E-state index in [4.69, 9.17) is 0 Å². The molecular formula is C6H6N2O3S. The minimum absolute atomic E-state index is 0.0795. The number of rotatable bonds is 3. The van der Waals surface area contributed by atoms with Gasteiger partial charge in [-0.15, -0.1) is 0 Å². The zero-order chi connectivity index (χ0) is 8.97. The van der Waals surface area contributed by atoms with Gasteiger partial charge in [-0.3, -0.25) is 9.59 Å². The van der Waals surface area contributed by atoms with E-state index >= 15 is 0 Å². The van der Waals surface area contributed by atoms with Crippen molar-refractivity contribution in [3.8, 4) is 0 Å². The third-order valence-electron chi connectivity index (χ3n) is 1.10. The van der Waals surface area contributed by atoms with Gasteiger partial charge in [-0.25, -0.2) is 0 Å². The smallest absolute Gasteiger partial charge is 0.304 e. The van der Waals surface area contributed by atoms with Gasteiger partial charge < -0.3 is 9.82 Å². The summed E-state index contributed by atoms with van der Waals surface area (Å²) in [5.74, 6) is 0. The quantitative estimate of drug-likeness (QED) is 0.410. The minimum Gasteiger partial charge on any atom is -0.398 e. The van der Waals surface area contributed by atoms with Crippen molar-refractivity contribution in [3.63, 3.8) is 0 Å². The normalized spacial score (nSPS) is 11.2. The minimum atomic E-state index is -0.226. The van der Waals surface area contributed by atoms with E-state index in [1.165, 1.54) is 12.5 Å². The molecule has 6 heteroatoms. The van der Waals surface area contributed by atoms with Gasteiger partial charge in [0.1, 0.15) is 7.11 Å². The van der Waals surface area contributed by atoms with Gasteiger partial charge in [0.15, 0.2) is 12.0 Å². The second-order valence-electron chi connectivity index (χ2n) is 1.84. The van der Waals surface area contributed by atoms with Crippen molar-refractivity contribution in [3.05, 3.63) is 20.7 Å². The molecule has 0 aliphatic rings. The number of hydrogen-bond acceptors (Lipinski definition) is 5. The number of aldehydes is 1. The predicted octanol–water partition coefficient (Wildman–Crippen LogP) is -0.0142. The summed E-state index contributed by atoms with van der Waals surface area (Å²) in [5, 5.41) is 4.92. The molecule has 0 amide bonds. The topological polar surface area (TPSA) is 71.5 Å². The fraction of sp³-hybridized carbons (Fsp3) is 0.167. The standard InChI is InChI=1S/C6H6N2O3S/c1-11-8-4(2-9)5-3-12-6(10)7-5/h2-3H,1H3,(H,7,10)/b8-4+. The van der Waals surface area contributed by atoms with Crippen molar-refractivity contribution in [2.45, 2.75) is 0 Å². The molecular weight excluding hydrogens is 180 g/mol.